The highest BCUT2D eigenvalue weighted by Crippen LogP contribution is 2.29. The van der Waals surface area contributed by atoms with E-state index < -0.39 is 14.9 Å². The summed E-state index contributed by atoms with van der Waals surface area (Å²) < 4.78 is 26.8. The predicted molar refractivity (Wildman–Crippen MR) is 80.3 cm³/mol. The number of nitrogens with zero attached hydrogens (tertiary/aromatic N) is 2. The molecule has 10 heteroatoms. The van der Waals surface area contributed by atoms with Crippen LogP contribution in [0.1, 0.15) is 0 Å². The summed E-state index contributed by atoms with van der Waals surface area (Å²) >= 11 is 3.02. The Hall–Kier alpha value is -2.20. The van der Waals surface area contributed by atoms with Gasteiger partial charge in [-0.1, -0.05) is 0 Å². The Bertz CT molecular complexity index is 810. The molecule has 0 atom stereocenters. The summed E-state index contributed by atoms with van der Waals surface area (Å²) in [5.41, 5.74) is 5.31. The van der Waals surface area contributed by atoms with Crippen molar-refractivity contribution in [3.8, 4) is 0 Å². The van der Waals surface area contributed by atoms with Crippen molar-refractivity contribution in [3.05, 3.63) is 51.1 Å². The lowest BCUT2D eigenvalue weighted by atomic mass is 10.3. The molecule has 0 bridgehead atoms. The summed E-state index contributed by atoms with van der Waals surface area (Å²) in [6.07, 6.45) is 1.36. The van der Waals surface area contributed by atoms with Crippen LogP contribution in [-0.4, -0.2) is 18.3 Å². The third-order valence-corrected chi connectivity index (χ3v) is 4.58. The van der Waals surface area contributed by atoms with Crippen molar-refractivity contribution in [1.82, 2.24) is 4.98 Å². The van der Waals surface area contributed by atoms with Crippen LogP contribution >= 0.6 is 15.9 Å². The highest BCUT2D eigenvalue weighted by Gasteiger charge is 2.20. The molecule has 0 fully saturated rings. The van der Waals surface area contributed by atoms with Crippen LogP contribution in [-0.2, 0) is 10.0 Å². The van der Waals surface area contributed by atoms with Gasteiger partial charge in [-0.2, -0.15) is 0 Å². The average molecular weight is 373 g/mol. The number of nitro benzene ring substituents is 1. The lowest BCUT2D eigenvalue weighted by Gasteiger charge is -2.09. The molecule has 0 radical (unpaired) electrons. The highest BCUT2D eigenvalue weighted by molar-refractivity contribution is 9.10. The maximum absolute atomic E-state index is 12.2. The molecule has 0 unspecified atom stereocenters. The van der Waals surface area contributed by atoms with E-state index in [9.17, 15) is 18.5 Å². The van der Waals surface area contributed by atoms with Crippen molar-refractivity contribution < 1.29 is 13.3 Å². The topological polar surface area (TPSA) is 128 Å². The van der Waals surface area contributed by atoms with Gasteiger partial charge in [0.05, 0.1) is 15.1 Å². The number of rotatable bonds is 4. The second-order valence-corrected chi connectivity index (χ2v) is 6.42. The molecule has 2 aromatic rings. The third kappa shape index (κ3) is 3.28. The minimum Gasteiger partial charge on any atom is -0.383 e. The lowest BCUT2D eigenvalue weighted by Crippen LogP contribution is -2.15. The Labute approximate surface area is 128 Å². The number of hydrogen-bond acceptors (Lipinski definition) is 6. The van der Waals surface area contributed by atoms with E-state index >= 15 is 0 Å². The number of pyridine rings is 1. The molecule has 0 aliphatic carbocycles. The van der Waals surface area contributed by atoms with Gasteiger partial charge in [-0.25, -0.2) is 13.4 Å². The van der Waals surface area contributed by atoms with Crippen molar-refractivity contribution in [2.75, 3.05) is 10.5 Å². The number of halogens is 1. The fraction of sp³-hybridized carbons (Fsp3) is 0. The number of sulfonamides is 1. The Morgan fingerprint density at radius 1 is 1.33 bits per heavy atom. The maximum atomic E-state index is 12.2. The molecule has 0 spiro atoms. The number of hydrogen-bond donors (Lipinski definition) is 2. The number of anilines is 2. The first kappa shape index (κ1) is 15.2. The molecule has 1 aromatic carbocycles. The van der Waals surface area contributed by atoms with Crippen molar-refractivity contribution >= 4 is 43.1 Å². The van der Waals surface area contributed by atoms with Crippen molar-refractivity contribution in [2.24, 2.45) is 0 Å². The number of aromatic nitrogens is 1. The Morgan fingerprint density at radius 2 is 2.05 bits per heavy atom. The molecule has 0 amide bonds. The molecule has 0 aliphatic rings. The fourth-order valence-corrected chi connectivity index (χ4v) is 3.08. The molecule has 0 saturated heterocycles. The lowest BCUT2D eigenvalue weighted by molar-refractivity contribution is -0.385. The van der Waals surface area contributed by atoms with Gasteiger partial charge in [-0.3, -0.25) is 14.8 Å². The quantitative estimate of drug-likeness (QED) is 0.624. The van der Waals surface area contributed by atoms with E-state index in [1.807, 2.05) is 0 Å². The normalized spacial score (nSPS) is 11.1. The van der Waals surface area contributed by atoms with Gasteiger partial charge in [0.1, 0.15) is 10.7 Å². The first-order valence-corrected chi connectivity index (χ1v) is 7.76. The monoisotopic (exact) mass is 372 g/mol. The summed E-state index contributed by atoms with van der Waals surface area (Å²) in [6, 6.07) is 6.59. The van der Waals surface area contributed by atoms with Gasteiger partial charge in [0.25, 0.3) is 15.7 Å². The second-order valence-electron chi connectivity index (χ2n) is 3.92. The van der Waals surface area contributed by atoms with Crippen LogP contribution < -0.4 is 10.5 Å². The van der Waals surface area contributed by atoms with E-state index in [4.69, 9.17) is 5.73 Å². The van der Waals surface area contributed by atoms with E-state index in [2.05, 4.69) is 25.6 Å². The van der Waals surface area contributed by atoms with Gasteiger partial charge in [0.15, 0.2) is 0 Å². The standard InChI is InChI=1S/C11H9BrN4O4S/c12-8-4-3-7(6-9(8)16(17)18)15-21(19,20)10-2-1-5-14-11(10)13/h1-6,15H,(H2,13,14). The summed E-state index contributed by atoms with van der Waals surface area (Å²) in [7, 11) is -3.97. The fourth-order valence-electron chi connectivity index (χ4n) is 1.56. The Morgan fingerprint density at radius 3 is 2.67 bits per heavy atom. The van der Waals surface area contributed by atoms with E-state index in [0.29, 0.717) is 0 Å². The third-order valence-electron chi connectivity index (χ3n) is 2.48. The van der Waals surface area contributed by atoms with Crippen molar-refractivity contribution in [2.45, 2.75) is 4.90 Å². The summed E-state index contributed by atoms with van der Waals surface area (Å²) in [5.74, 6) is -0.156. The van der Waals surface area contributed by atoms with E-state index in [-0.39, 0.29) is 26.6 Å². The first-order chi connectivity index (χ1) is 9.81. The summed E-state index contributed by atoms with van der Waals surface area (Å²) in [4.78, 5) is 13.7. The number of benzene rings is 1. The zero-order valence-electron chi connectivity index (χ0n) is 10.4. The maximum Gasteiger partial charge on any atom is 0.285 e. The summed E-state index contributed by atoms with van der Waals surface area (Å²) in [5, 5.41) is 10.8. The van der Waals surface area contributed by atoms with Gasteiger partial charge in [0, 0.05) is 12.3 Å². The molecule has 110 valence electrons. The van der Waals surface area contributed by atoms with Gasteiger partial charge in [-0.05, 0) is 40.2 Å². The number of nitrogens with two attached hydrogens (primary N) is 1. The SMILES string of the molecule is Nc1ncccc1S(=O)(=O)Nc1ccc(Br)c([N+](=O)[O-])c1. The smallest absolute Gasteiger partial charge is 0.285 e. The van der Waals surface area contributed by atoms with E-state index in [1.54, 1.807) is 0 Å². The number of nitrogen functional groups attached to an aromatic ring is 1. The number of nitro groups is 1. The summed E-state index contributed by atoms with van der Waals surface area (Å²) in [6.45, 7) is 0. The molecule has 21 heavy (non-hydrogen) atoms. The Balaban J connectivity index is 2.40. The van der Waals surface area contributed by atoms with Crippen LogP contribution in [0.3, 0.4) is 0 Å². The largest absolute Gasteiger partial charge is 0.383 e. The molecular weight excluding hydrogens is 364 g/mol. The minimum atomic E-state index is -3.97. The van der Waals surface area contributed by atoms with Crippen molar-refractivity contribution in [1.29, 1.82) is 0 Å². The van der Waals surface area contributed by atoms with Gasteiger partial charge in [0.2, 0.25) is 0 Å². The molecule has 1 heterocycles. The zero-order chi connectivity index (χ0) is 15.6. The molecule has 0 aliphatic heterocycles. The van der Waals surface area contributed by atoms with Crippen LogP contribution in [0.25, 0.3) is 0 Å². The molecule has 8 nitrogen and oxygen atoms in total. The Kier molecular flexibility index (Phi) is 4.09. The van der Waals surface area contributed by atoms with Crippen LogP contribution in [0.2, 0.25) is 0 Å². The predicted octanol–water partition coefficient (Wildman–Crippen LogP) is 2.14. The second kappa shape index (κ2) is 5.66. The van der Waals surface area contributed by atoms with Crippen LogP contribution in [0.5, 0.6) is 0 Å². The molecule has 1 aromatic heterocycles. The average Bonchev–Trinajstić information content (AvgIpc) is 2.40. The minimum absolute atomic E-state index is 0.0492. The molecule has 0 saturated carbocycles. The first-order valence-electron chi connectivity index (χ1n) is 5.48. The molecule has 3 N–H and O–H groups in total. The highest BCUT2D eigenvalue weighted by atomic mass is 79.9. The van der Waals surface area contributed by atoms with Crippen LogP contribution in [0.15, 0.2) is 45.9 Å². The number of nitrogens with one attached hydrogen (secondary N) is 1. The van der Waals surface area contributed by atoms with E-state index in [1.165, 1.54) is 30.5 Å². The van der Waals surface area contributed by atoms with Crippen molar-refractivity contribution in [3.63, 3.8) is 0 Å². The van der Waals surface area contributed by atoms with Gasteiger partial charge < -0.3 is 5.73 Å². The van der Waals surface area contributed by atoms with Gasteiger partial charge in [-0.15, -0.1) is 0 Å². The van der Waals surface area contributed by atoms with Crippen LogP contribution in [0.4, 0.5) is 17.2 Å². The zero-order valence-corrected chi connectivity index (χ0v) is 12.8. The molecule has 2 rings (SSSR count). The molecular formula is C11H9BrN4O4S. The van der Waals surface area contributed by atoms with E-state index in [0.717, 1.165) is 6.07 Å². The van der Waals surface area contributed by atoms with Crippen LogP contribution in [0, 0.1) is 10.1 Å². The van der Waals surface area contributed by atoms with Gasteiger partial charge >= 0.3 is 0 Å².